The predicted molar refractivity (Wildman–Crippen MR) is 73.7 cm³/mol. The minimum Gasteiger partial charge on any atom is -0.336 e. The van der Waals surface area contributed by atoms with Crippen molar-refractivity contribution in [2.75, 3.05) is 31.6 Å². The number of aryl methyl sites for hydroxylation is 1. The van der Waals surface area contributed by atoms with Crippen molar-refractivity contribution in [3.05, 3.63) is 17.6 Å². The molecule has 0 aliphatic carbocycles. The highest BCUT2D eigenvalue weighted by atomic mass is 16.2. The molecule has 1 atom stereocenters. The van der Waals surface area contributed by atoms with Crippen LogP contribution >= 0.6 is 0 Å². The van der Waals surface area contributed by atoms with Crippen LogP contribution in [-0.4, -0.2) is 58.0 Å². The van der Waals surface area contributed by atoms with E-state index in [1.165, 1.54) is 0 Å². The molecule has 3 rings (SSSR count). The van der Waals surface area contributed by atoms with Gasteiger partial charge in [0, 0.05) is 37.9 Å². The third-order valence-electron chi connectivity index (χ3n) is 3.73. The largest absolute Gasteiger partial charge is 0.336 e. The number of hydrogen-bond donors (Lipinski definition) is 3. The molecule has 2 aliphatic rings. The van der Waals surface area contributed by atoms with Gasteiger partial charge in [-0.2, -0.15) is 0 Å². The zero-order valence-electron chi connectivity index (χ0n) is 11.5. The van der Waals surface area contributed by atoms with Gasteiger partial charge in [0.15, 0.2) is 0 Å². The lowest BCUT2D eigenvalue weighted by molar-refractivity contribution is 0.115. The summed E-state index contributed by atoms with van der Waals surface area (Å²) in [4.78, 5) is 24.5. The molecule has 0 saturated carbocycles. The third-order valence-corrected chi connectivity index (χ3v) is 3.73. The maximum Gasteiger partial charge on any atom is 0.317 e. The van der Waals surface area contributed by atoms with E-state index in [0.29, 0.717) is 12.4 Å². The molecule has 1 unspecified atom stereocenters. The van der Waals surface area contributed by atoms with Gasteiger partial charge in [-0.15, -0.1) is 0 Å². The number of amides is 2. The standard InChI is InChI=1S/C12H19N7O/c1-8-4-10(17-13)16-11(15-8)7-18-2-3-19-9(6-18)5-14-12(19)20/h4,9H,2-3,5-7,13H2,1H3,(H,14,20)(H,15,16,17). The summed E-state index contributed by atoms with van der Waals surface area (Å²) in [5.74, 6) is 6.78. The number of nitrogens with one attached hydrogen (secondary N) is 2. The summed E-state index contributed by atoms with van der Waals surface area (Å²) in [6, 6.07) is 2.12. The molecular formula is C12H19N7O. The van der Waals surface area contributed by atoms with Crippen LogP contribution in [0.4, 0.5) is 10.6 Å². The quantitative estimate of drug-likeness (QED) is 0.498. The highest BCUT2D eigenvalue weighted by Crippen LogP contribution is 2.16. The van der Waals surface area contributed by atoms with Crippen LogP contribution in [0.3, 0.4) is 0 Å². The van der Waals surface area contributed by atoms with E-state index < -0.39 is 0 Å². The van der Waals surface area contributed by atoms with Crippen LogP contribution in [0.15, 0.2) is 6.07 Å². The lowest BCUT2D eigenvalue weighted by Gasteiger charge is -2.36. The summed E-state index contributed by atoms with van der Waals surface area (Å²) in [7, 11) is 0. The third kappa shape index (κ3) is 2.52. The summed E-state index contributed by atoms with van der Waals surface area (Å²) >= 11 is 0. The first-order valence-electron chi connectivity index (χ1n) is 6.73. The number of nitrogen functional groups attached to an aromatic ring is 1. The van der Waals surface area contributed by atoms with Crippen molar-refractivity contribution in [1.82, 2.24) is 25.1 Å². The Morgan fingerprint density at radius 1 is 1.50 bits per heavy atom. The summed E-state index contributed by atoms with van der Waals surface area (Å²) in [6.45, 7) is 5.76. The molecule has 0 radical (unpaired) electrons. The van der Waals surface area contributed by atoms with Crippen LogP contribution in [0, 0.1) is 6.92 Å². The van der Waals surface area contributed by atoms with Crippen molar-refractivity contribution in [2.24, 2.45) is 5.84 Å². The van der Waals surface area contributed by atoms with Crippen molar-refractivity contribution in [2.45, 2.75) is 19.5 Å². The molecule has 4 N–H and O–H groups in total. The van der Waals surface area contributed by atoms with Gasteiger partial charge >= 0.3 is 6.03 Å². The zero-order chi connectivity index (χ0) is 14.1. The summed E-state index contributed by atoms with van der Waals surface area (Å²) in [5.41, 5.74) is 3.44. The van der Waals surface area contributed by atoms with E-state index in [0.717, 1.165) is 37.7 Å². The topological polar surface area (TPSA) is 99.4 Å². The molecule has 2 fully saturated rings. The van der Waals surface area contributed by atoms with Crippen LogP contribution in [0.5, 0.6) is 0 Å². The summed E-state index contributed by atoms with van der Waals surface area (Å²) in [6.07, 6.45) is 0. The summed E-state index contributed by atoms with van der Waals surface area (Å²) in [5, 5.41) is 2.88. The van der Waals surface area contributed by atoms with Crippen LogP contribution in [-0.2, 0) is 6.54 Å². The molecule has 8 heteroatoms. The van der Waals surface area contributed by atoms with E-state index >= 15 is 0 Å². The Morgan fingerprint density at radius 3 is 3.15 bits per heavy atom. The van der Waals surface area contributed by atoms with Crippen LogP contribution in [0.25, 0.3) is 0 Å². The Kier molecular flexibility index (Phi) is 3.41. The van der Waals surface area contributed by atoms with Crippen LogP contribution < -0.4 is 16.6 Å². The van der Waals surface area contributed by atoms with E-state index in [1.54, 1.807) is 6.07 Å². The van der Waals surface area contributed by atoms with Gasteiger partial charge in [0.25, 0.3) is 0 Å². The molecule has 3 heterocycles. The number of hydrogen-bond acceptors (Lipinski definition) is 6. The first-order valence-corrected chi connectivity index (χ1v) is 6.73. The van der Waals surface area contributed by atoms with Gasteiger partial charge in [0.2, 0.25) is 0 Å². The second-order valence-electron chi connectivity index (χ2n) is 5.22. The minimum atomic E-state index is 0.0519. The van der Waals surface area contributed by atoms with E-state index in [9.17, 15) is 4.79 Å². The van der Waals surface area contributed by atoms with Gasteiger partial charge in [-0.25, -0.2) is 20.6 Å². The molecule has 2 saturated heterocycles. The van der Waals surface area contributed by atoms with Crippen molar-refractivity contribution >= 4 is 11.8 Å². The number of aromatic nitrogens is 2. The molecule has 2 aliphatic heterocycles. The Hall–Kier alpha value is -1.93. The molecule has 0 aromatic carbocycles. The fourth-order valence-electron chi connectivity index (χ4n) is 2.79. The highest BCUT2D eigenvalue weighted by molar-refractivity contribution is 5.77. The number of anilines is 1. The first-order chi connectivity index (χ1) is 9.65. The van der Waals surface area contributed by atoms with Gasteiger partial charge < -0.3 is 15.6 Å². The van der Waals surface area contributed by atoms with Crippen molar-refractivity contribution < 1.29 is 4.79 Å². The van der Waals surface area contributed by atoms with Crippen molar-refractivity contribution in [3.8, 4) is 0 Å². The number of hydrazine groups is 1. The lowest BCUT2D eigenvalue weighted by Crippen LogP contribution is -2.51. The van der Waals surface area contributed by atoms with Crippen LogP contribution in [0.1, 0.15) is 11.5 Å². The molecular weight excluding hydrogens is 258 g/mol. The maximum atomic E-state index is 11.6. The average Bonchev–Trinajstić information content (AvgIpc) is 2.79. The number of rotatable bonds is 3. The SMILES string of the molecule is Cc1cc(NN)nc(CN2CCN3C(=O)NCC3C2)n1. The number of nitrogens with zero attached hydrogens (tertiary/aromatic N) is 4. The Bertz CT molecular complexity index is 521. The van der Waals surface area contributed by atoms with E-state index in [4.69, 9.17) is 5.84 Å². The molecule has 0 spiro atoms. The fraction of sp³-hybridized carbons (Fsp3) is 0.583. The molecule has 2 amide bonds. The monoisotopic (exact) mass is 277 g/mol. The Morgan fingerprint density at radius 2 is 2.35 bits per heavy atom. The maximum absolute atomic E-state index is 11.6. The summed E-state index contributed by atoms with van der Waals surface area (Å²) < 4.78 is 0. The van der Waals surface area contributed by atoms with E-state index in [-0.39, 0.29) is 12.1 Å². The van der Waals surface area contributed by atoms with Gasteiger partial charge in [0.1, 0.15) is 11.6 Å². The number of piperazine rings is 1. The lowest BCUT2D eigenvalue weighted by atomic mass is 10.2. The minimum absolute atomic E-state index is 0.0519. The molecule has 108 valence electrons. The number of carbonyl (C=O) groups is 1. The van der Waals surface area contributed by atoms with Crippen LogP contribution in [0.2, 0.25) is 0 Å². The first kappa shape index (κ1) is 13.1. The second-order valence-corrected chi connectivity index (χ2v) is 5.22. The Labute approximate surface area is 117 Å². The van der Waals surface area contributed by atoms with E-state index in [1.807, 2.05) is 11.8 Å². The van der Waals surface area contributed by atoms with Gasteiger partial charge in [0.05, 0.1) is 12.6 Å². The zero-order valence-corrected chi connectivity index (χ0v) is 11.5. The number of nitrogens with two attached hydrogens (primary N) is 1. The highest BCUT2D eigenvalue weighted by Gasteiger charge is 2.35. The number of carbonyl (C=O) groups excluding carboxylic acids is 1. The normalized spacial score (nSPS) is 22.6. The van der Waals surface area contributed by atoms with Gasteiger partial charge in [-0.05, 0) is 6.92 Å². The molecule has 8 nitrogen and oxygen atoms in total. The fourth-order valence-corrected chi connectivity index (χ4v) is 2.79. The smallest absolute Gasteiger partial charge is 0.317 e. The number of fused-ring (bicyclic) bond motifs is 1. The molecule has 1 aromatic heterocycles. The molecule has 0 bridgehead atoms. The number of urea groups is 1. The van der Waals surface area contributed by atoms with E-state index in [2.05, 4.69) is 25.6 Å². The van der Waals surface area contributed by atoms with Crippen molar-refractivity contribution in [3.63, 3.8) is 0 Å². The average molecular weight is 277 g/mol. The van der Waals surface area contributed by atoms with Gasteiger partial charge in [-0.1, -0.05) is 0 Å². The molecule has 20 heavy (non-hydrogen) atoms. The van der Waals surface area contributed by atoms with Crippen molar-refractivity contribution in [1.29, 1.82) is 0 Å². The van der Waals surface area contributed by atoms with Gasteiger partial charge in [-0.3, -0.25) is 4.90 Å². The predicted octanol–water partition coefficient (Wildman–Crippen LogP) is -0.720. The second kappa shape index (κ2) is 5.22. The Balaban J connectivity index is 1.67. The molecule has 1 aromatic rings.